The van der Waals surface area contributed by atoms with Gasteiger partial charge in [0.05, 0.1) is 12.8 Å². The number of aryl methyl sites for hydroxylation is 1. The summed E-state index contributed by atoms with van der Waals surface area (Å²) < 4.78 is 5.21. The number of carbonyl (C=O) groups excluding carboxylic acids is 2. The zero-order valence-electron chi connectivity index (χ0n) is 12.7. The van der Waals surface area contributed by atoms with Crippen LogP contribution in [0, 0.1) is 12.8 Å². The molecular weight excluding hydrogens is 268 g/mol. The third-order valence-electron chi connectivity index (χ3n) is 3.99. The zero-order valence-corrected chi connectivity index (χ0v) is 12.7. The van der Waals surface area contributed by atoms with E-state index in [2.05, 4.69) is 17.6 Å². The summed E-state index contributed by atoms with van der Waals surface area (Å²) in [5.41, 5.74) is 1.52. The number of hydrogen-bond acceptors (Lipinski definition) is 3. The summed E-state index contributed by atoms with van der Waals surface area (Å²) >= 11 is 0. The first-order valence-corrected chi connectivity index (χ1v) is 7.27. The summed E-state index contributed by atoms with van der Waals surface area (Å²) in [5.74, 6) is -0.270. The number of amides is 2. The van der Waals surface area contributed by atoms with Crippen molar-refractivity contribution >= 4 is 17.5 Å². The lowest BCUT2D eigenvalue weighted by Gasteiger charge is -2.17. The van der Waals surface area contributed by atoms with Crippen molar-refractivity contribution in [3.63, 3.8) is 0 Å². The van der Waals surface area contributed by atoms with Crippen LogP contribution in [0.5, 0.6) is 5.75 Å². The molecule has 1 fully saturated rings. The molecule has 0 aliphatic heterocycles. The molecule has 1 aliphatic rings. The second kappa shape index (κ2) is 6.61. The lowest BCUT2D eigenvalue weighted by atomic mass is 10.1. The number of benzene rings is 1. The molecule has 5 heteroatoms. The Kier molecular flexibility index (Phi) is 4.83. The summed E-state index contributed by atoms with van der Waals surface area (Å²) in [5, 5.41) is 5.41. The first-order chi connectivity index (χ1) is 10.0. The van der Waals surface area contributed by atoms with Crippen molar-refractivity contribution in [1.29, 1.82) is 0 Å². The van der Waals surface area contributed by atoms with Gasteiger partial charge in [-0.05, 0) is 43.4 Å². The lowest BCUT2D eigenvalue weighted by molar-refractivity contribution is -0.136. The van der Waals surface area contributed by atoms with E-state index in [1.807, 2.05) is 19.1 Å². The minimum Gasteiger partial charge on any atom is -0.495 e. The van der Waals surface area contributed by atoms with Crippen molar-refractivity contribution in [3.05, 3.63) is 23.8 Å². The van der Waals surface area contributed by atoms with E-state index in [-0.39, 0.29) is 6.04 Å². The quantitative estimate of drug-likeness (QED) is 0.839. The van der Waals surface area contributed by atoms with Gasteiger partial charge >= 0.3 is 11.8 Å². The molecule has 1 saturated carbocycles. The molecule has 2 atom stereocenters. The third kappa shape index (κ3) is 3.74. The lowest BCUT2D eigenvalue weighted by Crippen LogP contribution is -2.42. The van der Waals surface area contributed by atoms with Crippen LogP contribution < -0.4 is 15.4 Å². The van der Waals surface area contributed by atoms with Gasteiger partial charge in [-0.25, -0.2) is 0 Å². The van der Waals surface area contributed by atoms with Crippen LogP contribution in [0.15, 0.2) is 18.2 Å². The van der Waals surface area contributed by atoms with Crippen molar-refractivity contribution in [2.24, 2.45) is 5.92 Å². The Balaban J connectivity index is 1.99. The number of carbonyl (C=O) groups is 2. The van der Waals surface area contributed by atoms with Crippen LogP contribution in [0.2, 0.25) is 0 Å². The minimum absolute atomic E-state index is 0.100. The summed E-state index contributed by atoms with van der Waals surface area (Å²) in [4.78, 5) is 23.9. The van der Waals surface area contributed by atoms with Crippen LogP contribution in [-0.4, -0.2) is 25.0 Å². The fourth-order valence-corrected chi connectivity index (χ4v) is 2.67. The summed E-state index contributed by atoms with van der Waals surface area (Å²) in [7, 11) is 1.53. The molecule has 0 heterocycles. The Morgan fingerprint density at radius 1 is 1.24 bits per heavy atom. The van der Waals surface area contributed by atoms with E-state index in [0.717, 1.165) is 24.8 Å². The maximum Gasteiger partial charge on any atom is 0.313 e. The number of ether oxygens (including phenoxy) is 1. The average Bonchev–Trinajstić information content (AvgIpc) is 2.86. The Labute approximate surface area is 125 Å². The Morgan fingerprint density at radius 3 is 2.62 bits per heavy atom. The summed E-state index contributed by atoms with van der Waals surface area (Å²) in [6.45, 7) is 4.03. The van der Waals surface area contributed by atoms with Crippen LogP contribution >= 0.6 is 0 Å². The predicted octanol–water partition coefficient (Wildman–Crippen LogP) is 2.25. The number of methoxy groups -OCH3 is 1. The van der Waals surface area contributed by atoms with Crippen molar-refractivity contribution in [1.82, 2.24) is 5.32 Å². The maximum absolute atomic E-state index is 12.0. The molecule has 0 spiro atoms. The van der Waals surface area contributed by atoms with Crippen LogP contribution in [0.25, 0.3) is 0 Å². The topological polar surface area (TPSA) is 67.4 Å². The number of anilines is 1. The van der Waals surface area contributed by atoms with Crippen molar-refractivity contribution < 1.29 is 14.3 Å². The second-order valence-electron chi connectivity index (χ2n) is 5.65. The molecule has 2 rings (SSSR count). The molecule has 2 amide bonds. The van der Waals surface area contributed by atoms with Gasteiger partial charge in [0.15, 0.2) is 0 Å². The predicted molar refractivity (Wildman–Crippen MR) is 81.3 cm³/mol. The summed E-state index contributed by atoms with van der Waals surface area (Å²) in [6.07, 6.45) is 3.13. The SMILES string of the molecule is COc1cc(C)ccc1NC(=O)C(=O)N[C@@H]1CCC[C@H]1C. The van der Waals surface area contributed by atoms with Gasteiger partial charge in [0.2, 0.25) is 0 Å². The van der Waals surface area contributed by atoms with E-state index in [4.69, 9.17) is 4.74 Å². The van der Waals surface area contributed by atoms with Gasteiger partial charge < -0.3 is 15.4 Å². The Morgan fingerprint density at radius 2 is 2.00 bits per heavy atom. The molecule has 0 radical (unpaired) electrons. The van der Waals surface area contributed by atoms with Crippen LogP contribution in [-0.2, 0) is 9.59 Å². The average molecular weight is 290 g/mol. The molecule has 0 aromatic heterocycles. The highest BCUT2D eigenvalue weighted by atomic mass is 16.5. The molecule has 5 nitrogen and oxygen atoms in total. The van der Waals surface area contributed by atoms with Gasteiger partial charge in [-0.2, -0.15) is 0 Å². The van der Waals surface area contributed by atoms with Crippen LogP contribution in [0.1, 0.15) is 31.7 Å². The zero-order chi connectivity index (χ0) is 15.4. The first-order valence-electron chi connectivity index (χ1n) is 7.27. The maximum atomic E-state index is 12.0. The van der Waals surface area contributed by atoms with E-state index in [1.54, 1.807) is 6.07 Å². The summed E-state index contributed by atoms with van der Waals surface area (Å²) in [6, 6.07) is 5.50. The smallest absolute Gasteiger partial charge is 0.313 e. The first kappa shape index (κ1) is 15.4. The van der Waals surface area contributed by atoms with Crippen molar-refractivity contribution in [2.75, 3.05) is 12.4 Å². The van der Waals surface area contributed by atoms with Gasteiger partial charge in [-0.3, -0.25) is 9.59 Å². The van der Waals surface area contributed by atoms with E-state index in [0.29, 0.717) is 17.4 Å². The van der Waals surface area contributed by atoms with Crippen LogP contribution in [0.3, 0.4) is 0 Å². The van der Waals surface area contributed by atoms with Gasteiger partial charge in [0.1, 0.15) is 5.75 Å². The molecular formula is C16H22N2O3. The number of nitrogens with one attached hydrogen (secondary N) is 2. The Hall–Kier alpha value is -2.04. The minimum atomic E-state index is -0.656. The van der Waals surface area contributed by atoms with E-state index >= 15 is 0 Å². The molecule has 1 aromatic rings. The molecule has 0 saturated heterocycles. The molecule has 0 unspecified atom stereocenters. The van der Waals surface area contributed by atoms with Crippen molar-refractivity contribution in [2.45, 2.75) is 39.2 Å². The highest BCUT2D eigenvalue weighted by molar-refractivity contribution is 6.39. The fraction of sp³-hybridized carbons (Fsp3) is 0.500. The molecule has 0 bridgehead atoms. The van der Waals surface area contributed by atoms with E-state index < -0.39 is 11.8 Å². The number of rotatable bonds is 3. The normalized spacial score (nSPS) is 20.9. The molecule has 1 aliphatic carbocycles. The standard InChI is InChI=1S/C16H22N2O3/c1-10-7-8-13(14(9-10)21-3)18-16(20)15(19)17-12-6-4-5-11(12)2/h7-9,11-12H,4-6H2,1-3H3,(H,17,19)(H,18,20)/t11-,12-/m1/s1. The fourth-order valence-electron chi connectivity index (χ4n) is 2.67. The molecule has 114 valence electrons. The monoisotopic (exact) mass is 290 g/mol. The molecule has 1 aromatic carbocycles. The van der Waals surface area contributed by atoms with Gasteiger partial charge in [0.25, 0.3) is 0 Å². The van der Waals surface area contributed by atoms with Gasteiger partial charge in [-0.1, -0.05) is 19.4 Å². The molecule has 2 N–H and O–H groups in total. The van der Waals surface area contributed by atoms with E-state index in [9.17, 15) is 9.59 Å². The largest absolute Gasteiger partial charge is 0.495 e. The van der Waals surface area contributed by atoms with E-state index in [1.165, 1.54) is 7.11 Å². The van der Waals surface area contributed by atoms with Crippen LogP contribution in [0.4, 0.5) is 5.69 Å². The third-order valence-corrected chi connectivity index (χ3v) is 3.99. The second-order valence-corrected chi connectivity index (χ2v) is 5.65. The highest BCUT2D eigenvalue weighted by Crippen LogP contribution is 2.26. The van der Waals surface area contributed by atoms with Crippen molar-refractivity contribution in [3.8, 4) is 5.75 Å². The highest BCUT2D eigenvalue weighted by Gasteiger charge is 2.27. The Bertz CT molecular complexity index is 542. The molecule has 21 heavy (non-hydrogen) atoms. The number of hydrogen-bond donors (Lipinski definition) is 2. The van der Waals surface area contributed by atoms with Gasteiger partial charge in [0, 0.05) is 6.04 Å². The van der Waals surface area contributed by atoms with Gasteiger partial charge in [-0.15, -0.1) is 0 Å².